The fourth-order valence-electron chi connectivity index (χ4n) is 0.493. The molecule has 0 aromatic heterocycles. The van der Waals surface area contributed by atoms with Crippen LogP contribution >= 0.6 is 0 Å². The van der Waals surface area contributed by atoms with E-state index in [1.165, 1.54) is 12.2 Å². The number of rotatable bonds is 0. The van der Waals surface area contributed by atoms with Crippen LogP contribution < -0.4 is 0 Å². The van der Waals surface area contributed by atoms with Crippen molar-refractivity contribution in [3.8, 4) is 0 Å². The Morgan fingerprint density at radius 2 is 2.44 bits per heavy atom. The SMILES string of the molecule is O=C1C=C(F)C=CCO1. The summed E-state index contributed by atoms with van der Waals surface area (Å²) < 4.78 is 16.6. The summed E-state index contributed by atoms with van der Waals surface area (Å²) in [5.41, 5.74) is 0. The molecule has 0 N–H and O–H groups in total. The van der Waals surface area contributed by atoms with Gasteiger partial charge in [0.1, 0.15) is 12.4 Å². The third-order valence-electron chi connectivity index (χ3n) is 0.855. The monoisotopic (exact) mass is 128 g/mol. The minimum atomic E-state index is -0.627. The zero-order valence-corrected chi connectivity index (χ0v) is 4.63. The molecule has 0 atom stereocenters. The highest BCUT2D eigenvalue weighted by molar-refractivity contribution is 5.83. The third kappa shape index (κ3) is 1.68. The fraction of sp³-hybridized carbons (Fsp3) is 0.167. The highest BCUT2D eigenvalue weighted by atomic mass is 19.1. The van der Waals surface area contributed by atoms with E-state index < -0.39 is 11.8 Å². The number of cyclic esters (lactones) is 1. The van der Waals surface area contributed by atoms with Crippen molar-refractivity contribution in [3.63, 3.8) is 0 Å². The first-order valence-corrected chi connectivity index (χ1v) is 2.49. The van der Waals surface area contributed by atoms with Crippen LogP contribution in [0.3, 0.4) is 0 Å². The molecule has 0 amide bonds. The molecular weight excluding hydrogens is 123 g/mol. The summed E-state index contributed by atoms with van der Waals surface area (Å²) >= 11 is 0. The largest absolute Gasteiger partial charge is 0.458 e. The van der Waals surface area contributed by atoms with Crippen LogP contribution in [0.5, 0.6) is 0 Å². The molecule has 0 bridgehead atoms. The Hall–Kier alpha value is -1.12. The molecule has 3 heteroatoms. The van der Waals surface area contributed by atoms with Gasteiger partial charge in [-0.05, 0) is 12.2 Å². The van der Waals surface area contributed by atoms with Crippen LogP contribution in [0.25, 0.3) is 0 Å². The fourth-order valence-corrected chi connectivity index (χ4v) is 0.493. The Labute approximate surface area is 51.6 Å². The van der Waals surface area contributed by atoms with E-state index in [1.807, 2.05) is 0 Å². The predicted octanol–water partition coefficient (Wildman–Crippen LogP) is 0.953. The molecule has 1 aliphatic rings. The van der Waals surface area contributed by atoms with Gasteiger partial charge in [-0.25, -0.2) is 9.18 Å². The number of carbonyl (C=O) groups excluding carboxylic acids is 1. The normalized spacial score (nSPS) is 18.3. The van der Waals surface area contributed by atoms with Crippen LogP contribution in [0, 0.1) is 0 Å². The van der Waals surface area contributed by atoms with Crippen LogP contribution in [0.1, 0.15) is 0 Å². The van der Waals surface area contributed by atoms with E-state index in [9.17, 15) is 9.18 Å². The topological polar surface area (TPSA) is 26.3 Å². The molecule has 0 saturated heterocycles. The van der Waals surface area contributed by atoms with Crippen LogP contribution in [0.2, 0.25) is 0 Å². The van der Waals surface area contributed by atoms with E-state index in [4.69, 9.17) is 0 Å². The van der Waals surface area contributed by atoms with E-state index in [-0.39, 0.29) is 6.61 Å². The maximum atomic E-state index is 12.2. The molecule has 0 saturated carbocycles. The molecule has 9 heavy (non-hydrogen) atoms. The number of hydrogen-bond donors (Lipinski definition) is 0. The van der Waals surface area contributed by atoms with Gasteiger partial charge in [0.05, 0.1) is 6.08 Å². The van der Waals surface area contributed by atoms with Gasteiger partial charge >= 0.3 is 5.97 Å². The van der Waals surface area contributed by atoms with Crippen molar-refractivity contribution in [1.29, 1.82) is 0 Å². The average molecular weight is 128 g/mol. The van der Waals surface area contributed by atoms with Gasteiger partial charge in [0.25, 0.3) is 0 Å². The van der Waals surface area contributed by atoms with E-state index in [1.54, 1.807) is 0 Å². The summed E-state index contributed by atoms with van der Waals surface area (Å²) in [6, 6.07) is 0. The summed E-state index contributed by atoms with van der Waals surface area (Å²) in [5.74, 6) is -1.19. The zero-order valence-electron chi connectivity index (χ0n) is 4.63. The maximum absolute atomic E-state index is 12.2. The van der Waals surface area contributed by atoms with Crippen molar-refractivity contribution in [1.82, 2.24) is 0 Å². The minimum absolute atomic E-state index is 0.156. The van der Waals surface area contributed by atoms with Crippen molar-refractivity contribution in [2.75, 3.05) is 6.61 Å². The van der Waals surface area contributed by atoms with Crippen LogP contribution in [0.15, 0.2) is 24.1 Å². The quantitative estimate of drug-likeness (QED) is 0.454. The number of halogens is 1. The molecule has 48 valence electrons. The summed E-state index contributed by atoms with van der Waals surface area (Å²) in [4.78, 5) is 10.3. The molecule has 2 nitrogen and oxygen atoms in total. The Morgan fingerprint density at radius 1 is 1.67 bits per heavy atom. The molecule has 1 aliphatic heterocycles. The first kappa shape index (κ1) is 6.01. The van der Waals surface area contributed by atoms with Crippen molar-refractivity contribution >= 4 is 5.97 Å². The smallest absolute Gasteiger partial charge is 0.334 e. The van der Waals surface area contributed by atoms with Gasteiger partial charge in [-0.3, -0.25) is 0 Å². The van der Waals surface area contributed by atoms with Crippen LogP contribution in [-0.4, -0.2) is 12.6 Å². The second-order valence-electron chi connectivity index (χ2n) is 1.56. The number of carbonyl (C=O) groups is 1. The van der Waals surface area contributed by atoms with E-state index in [0.29, 0.717) is 0 Å². The molecule has 0 spiro atoms. The molecular formula is C6H5FO2. The summed E-state index contributed by atoms with van der Waals surface area (Å²) in [6.45, 7) is 0.156. The van der Waals surface area contributed by atoms with Crippen molar-refractivity contribution in [2.45, 2.75) is 0 Å². The number of ether oxygens (including phenoxy) is 1. The first-order valence-electron chi connectivity index (χ1n) is 2.49. The molecule has 0 unspecified atom stereocenters. The predicted molar refractivity (Wildman–Crippen MR) is 29.3 cm³/mol. The van der Waals surface area contributed by atoms with E-state index in [0.717, 1.165) is 6.08 Å². The summed E-state index contributed by atoms with van der Waals surface area (Å²) in [5, 5.41) is 0. The van der Waals surface area contributed by atoms with Crippen LogP contribution in [-0.2, 0) is 9.53 Å². The van der Waals surface area contributed by atoms with E-state index in [2.05, 4.69) is 4.74 Å². The van der Waals surface area contributed by atoms with Crippen molar-refractivity contribution < 1.29 is 13.9 Å². The highest BCUT2D eigenvalue weighted by Crippen LogP contribution is 2.02. The third-order valence-corrected chi connectivity index (χ3v) is 0.855. The average Bonchev–Trinajstić information content (AvgIpc) is 1.93. The van der Waals surface area contributed by atoms with Crippen molar-refractivity contribution in [2.24, 2.45) is 0 Å². The van der Waals surface area contributed by atoms with Gasteiger partial charge in [-0.1, -0.05) is 0 Å². The lowest BCUT2D eigenvalue weighted by Gasteiger charge is -1.90. The van der Waals surface area contributed by atoms with Gasteiger partial charge < -0.3 is 4.74 Å². The highest BCUT2D eigenvalue weighted by Gasteiger charge is 2.01. The Kier molecular flexibility index (Phi) is 1.63. The first-order chi connectivity index (χ1) is 4.29. The molecule has 1 heterocycles. The van der Waals surface area contributed by atoms with Gasteiger partial charge in [0, 0.05) is 0 Å². The Bertz CT molecular complexity index is 181. The lowest BCUT2D eigenvalue weighted by molar-refractivity contribution is -0.136. The van der Waals surface area contributed by atoms with Gasteiger partial charge in [0.2, 0.25) is 0 Å². The standard InChI is InChI=1S/C6H5FO2/c7-5-2-1-3-9-6(8)4-5/h1-2,4H,3H2. The Balaban J connectivity index is 2.74. The molecule has 1 rings (SSSR count). The summed E-state index contributed by atoms with van der Waals surface area (Å²) in [7, 11) is 0. The zero-order chi connectivity index (χ0) is 6.69. The van der Waals surface area contributed by atoms with E-state index >= 15 is 0 Å². The molecule has 0 radical (unpaired) electrons. The lowest BCUT2D eigenvalue weighted by atomic mass is 10.4. The maximum Gasteiger partial charge on any atom is 0.334 e. The Morgan fingerprint density at radius 3 is 3.22 bits per heavy atom. The summed E-state index contributed by atoms with van der Waals surface area (Å²) in [6.07, 6.45) is 3.45. The molecule has 0 fully saturated rings. The van der Waals surface area contributed by atoms with Crippen molar-refractivity contribution in [3.05, 3.63) is 24.1 Å². The van der Waals surface area contributed by atoms with Gasteiger partial charge in [-0.2, -0.15) is 0 Å². The number of hydrogen-bond acceptors (Lipinski definition) is 2. The molecule has 0 aromatic carbocycles. The number of allylic oxidation sites excluding steroid dienone is 2. The lowest BCUT2D eigenvalue weighted by Crippen LogP contribution is -1.97. The second kappa shape index (κ2) is 2.44. The van der Waals surface area contributed by atoms with Gasteiger partial charge in [0.15, 0.2) is 0 Å². The number of esters is 1. The molecule has 0 aliphatic carbocycles. The second-order valence-corrected chi connectivity index (χ2v) is 1.56. The minimum Gasteiger partial charge on any atom is -0.458 e. The molecule has 0 aromatic rings. The van der Waals surface area contributed by atoms with Crippen LogP contribution in [0.4, 0.5) is 4.39 Å². The van der Waals surface area contributed by atoms with Gasteiger partial charge in [-0.15, -0.1) is 0 Å².